The molecule has 2 nitrogen and oxygen atoms in total. The summed E-state index contributed by atoms with van der Waals surface area (Å²) in [5.41, 5.74) is 0.709. The Kier molecular flexibility index (Phi) is 3.21. The molecular weight excluding hydrogens is 196 g/mol. The SMILES string of the molecule is C1CCC2(CCCC2)C(NC2CCNC2)C1. The molecule has 0 bridgehead atoms. The molecule has 0 amide bonds. The van der Waals surface area contributed by atoms with Gasteiger partial charge in [-0.05, 0) is 44.1 Å². The van der Waals surface area contributed by atoms with E-state index >= 15 is 0 Å². The van der Waals surface area contributed by atoms with Crippen molar-refractivity contribution in [3.05, 3.63) is 0 Å². The Morgan fingerprint density at radius 2 is 1.69 bits per heavy atom. The maximum atomic E-state index is 3.99. The minimum Gasteiger partial charge on any atom is -0.315 e. The van der Waals surface area contributed by atoms with E-state index in [1.165, 1.54) is 70.9 Å². The van der Waals surface area contributed by atoms with Crippen LogP contribution in [0.15, 0.2) is 0 Å². The van der Waals surface area contributed by atoms with Crippen molar-refractivity contribution in [2.75, 3.05) is 13.1 Å². The number of rotatable bonds is 2. The van der Waals surface area contributed by atoms with Crippen molar-refractivity contribution < 1.29 is 0 Å². The first-order valence-corrected chi connectivity index (χ1v) is 7.36. The molecule has 2 N–H and O–H groups in total. The predicted molar refractivity (Wildman–Crippen MR) is 67.6 cm³/mol. The molecule has 2 unspecified atom stereocenters. The highest BCUT2D eigenvalue weighted by atomic mass is 15.1. The predicted octanol–water partition coefficient (Wildman–Crippen LogP) is 2.44. The van der Waals surface area contributed by atoms with E-state index in [0.717, 1.165) is 12.1 Å². The van der Waals surface area contributed by atoms with Gasteiger partial charge in [-0.25, -0.2) is 0 Å². The number of hydrogen-bond acceptors (Lipinski definition) is 2. The van der Waals surface area contributed by atoms with Crippen molar-refractivity contribution in [3.8, 4) is 0 Å². The third-order valence-corrected chi connectivity index (χ3v) is 5.25. The van der Waals surface area contributed by atoms with Crippen LogP contribution in [0.1, 0.15) is 57.8 Å². The summed E-state index contributed by atoms with van der Waals surface area (Å²) in [6.45, 7) is 2.42. The van der Waals surface area contributed by atoms with Gasteiger partial charge in [-0.3, -0.25) is 0 Å². The van der Waals surface area contributed by atoms with Crippen LogP contribution >= 0.6 is 0 Å². The van der Waals surface area contributed by atoms with Crippen LogP contribution in [0.2, 0.25) is 0 Å². The van der Waals surface area contributed by atoms with Crippen LogP contribution in [-0.2, 0) is 0 Å². The highest BCUT2D eigenvalue weighted by Gasteiger charge is 2.43. The molecule has 3 aliphatic rings. The summed E-state index contributed by atoms with van der Waals surface area (Å²) < 4.78 is 0. The van der Waals surface area contributed by atoms with Gasteiger partial charge in [-0.15, -0.1) is 0 Å². The fourth-order valence-corrected chi connectivity index (χ4v) is 4.33. The first-order valence-electron chi connectivity index (χ1n) is 7.36. The van der Waals surface area contributed by atoms with E-state index < -0.39 is 0 Å². The van der Waals surface area contributed by atoms with Gasteiger partial charge in [-0.2, -0.15) is 0 Å². The lowest BCUT2D eigenvalue weighted by Crippen LogP contribution is -2.50. The van der Waals surface area contributed by atoms with E-state index in [-0.39, 0.29) is 0 Å². The fraction of sp³-hybridized carbons (Fsp3) is 1.00. The van der Waals surface area contributed by atoms with Crippen LogP contribution in [0.25, 0.3) is 0 Å². The minimum atomic E-state index is 0.709. The number of hydrogen-bond donors (Lipinski definition) is 2. The monoisotopic (exact) mass is 222 g/mol. The third kappa shape index (κ3) is 2.02. The van der Waals surface area contributed by atoms with Crippen LogP contribution in [-0.4, -0.2) is 25.2 Å². The van der Waals surface area contributed by atoms with Crippen molar-refractivity contribution >= 4 is 0 Å². The lowest BCUT2D eigenvalue weighted by molar-refractivity contribution is 0.122. The van der Waals surface area contributed by atoms with Gasteiger partial charge in [0.15, 0.2) is 0 Å². The average molecular weight is 222 g/mol. The van der Waals surface area contributed by atoms with Gasteiger partial charge < -0.3 is 10.6 Å². The molecule has 0 aromatic heterocycles. The van der Waals surface area contributed by atoms with Crippen LogP contribution in [0.5, 0.6) is 0 Å². The quantitative estimate of drug-likeness (QED) is 0.750. The molecule has 3 fully saturated rings. The Hall–Kier alpha value is -0.0800. The second-order valence-electron chi connectivity index (χ2n) is 6.22. The maximum absolute atomic E-state index is 3.99. The number of nitrogens with one attached hydrogen (secondary N) is 2. The van der Waals surface area contributed by atoms with Gasteiger partial charge in [0.25, 0.3) is 0 Å². The zero-order valence-corrected chi connectivity index (χ0v) is 10.4. The van der Waals surface area contributed by atoms with E-state index in [2.05, 4.69) is 10.6 Å². The smallest absolute Gasteiger partial charge is 0.0207 e. The molecule has 0 radical (unpaired) electrons. The molecule has 1 heterocycles. The summed E-state index contributed by atoms with van der Waals surface area (Å²) in [6, 6.07) is 1.61. The van der Waals surface area contributed by atoms with Gasteiger partial charge >= 0.3 is 0 Å². The molecule has 1 saturated heterocycles. The van der Waals surface area contributed by atoms with Crippen molar-refractivity contribution in [2.24, 2.45) is 5.41 Å². The lowest BCUT2D eigenvalue weighted by Gasteiger charge is -2.43. The molecule has 1 aliphatic heterocycles. The van der Waals surface area contributed by atoms with Crippen LogP contribution in [0.3, 0.4) is 0 Å². The summed E-state index contributed by atoms with van der Waals surface area (Å²) >= 11 is 0. The molecule has 92 valence electrons. The van der Waals surface area contributed by atoms with Crippen molar-refractivity contribution in [2.45, 2.75) is 69.9 Å². The lowest BCUT2D eigenvalue weighted by atomic mass is 9.69. The normalized spacial score (nSPS) is 38.2. The Labute approximate surface area is 99.6 Å². The van der Waals surface area contributed by atoms with Gasteiger partial charge in [0.05, 0.1) is 0 Å². The summed E-state index contributed by atoms with van der Waals surface area (Å²) in [5, 5.41) is 7.47. The highest BCUT2D eigenvalue weighted by Crippen LogP contribution is 2.49. The largest absolute Gasteiger partial charge is 0.315 e. The van der Waals surface area contributed by atoms with Crippen molar-refractivity contribution in [3.63, 3.8) is 0 Å². The van der Waals surface area contributed by atoms with E-state index in [4.69, 9.17) is 0 Å². The molecule has 3 rings (SSSR count). The molecule has 2 atom stereocenters. The van der Waals surface area contributed by atoms with E-state index in [9.17, 15) is 0 Å². The molecule has 16 heavy (non-hydrogen) atoms. The summed E-state index contributed by atoms with van der Waals surface area (Å²) in [5.74, 6) is 0. The average Bonchev–Trinajstić information content (AvgIpc) is 2.94. The molecule has 0 aromatic rings. The Morgan fingerprint density at radius 1 is 0.938 bits per heavy atom. The topological polar surface area (TPSA) is 24.1 Å². The van der Waals surface area contributed by atoms with Gasteiger partial charge in [0.1, 0.15) is 0 Å². The van der Waals surface area contributed by atoms with Crippen molar-refractivity contribution in [1.29, 1.82) is 0 Å². The zero-order chi connectivity index (χ0) is 10.8. The highest BCUT2D eigenvalue weighted by molar-refractivity contribution is 4.99. The van der Waals surface area contributed by atoms with Crippen LogP contribution in [0.4, 0.5) is 0 Å². The Morgan fingerprint density at radius 3 is 2.38 bits per heavy atom. The summed E-state index contributed by atoms with van der Waals surface area (Å²) in [4.78, 5) is 0. The van der Waals surface area contributed by atoms with Crippen molar-refractivity contribution in [1.82, 2.24) is 10.6 Å². The summed E-state index contributed by atoms with van der Waals surface area (Å²) in [6.07, 6.45) is 13.2. The minimum absolute atomic E-state index is 0.709. The molecule has 1 spiro atoms. The molecule has 2 aliphatic carbocycles. The molecule has 0 aromatic carbocycles. The second-order valence-corrected chi connectivity index (χ2v) is 6.22. The van der Waals surface area contributed by atoms with E-state index in [1.807, 2.05) is 0 Å². The van der Waals surface area contributed by atoms with E-state index in [0.29, 0.717) is 5.41 Å². The first-order chi connectivity index (χ1) is 7.89. The molecule has 2 heteroatoms. The van der Waals surface area contributed by atoms with Crippen LogP contribution in [0, 0.1) is 5.41 Å². The standard InChI is InChI=1S/C14H26N2/c1-2-7-14(8-3-4-9-14)13(5-1)16-12-6-10-15-11-12/h12-13,15-16H,1-11H2. The Bertz CT molecular complexity index is 227. The third-order valence-electron chi connectivity index (χ3n) is 5.25. The fourth-order valence-electron chi connectivity index (χ4n) is 4.33. The first kappa shape index (κ1) is 11.0. The van der Waals surface area contributed by atoms with Crippen LogP contribution < -0.4 is 10.6 Å². The molecular formula is C14H26N2. The van der Waals surface area contributed by atoms with E-state index in [1.54, 1.807) is 0 Å². The summed E-state index contributed by atoms with van der Waals surface area (Å²) in [7, 11) is 0. The van der Waals surface area contributed by atoms with Gasteiger partial charge in [0, 0.05) is 18.6 Å². The molecule has 2 saturated carbocycles. The maximum Gasteiger partial charge on any atom is 0.0207 e. The zero-order valence-electron chi connectivity index (χ0n) is 10.4. The van der Waals surface area contributed by atoms with Gasteiger partial charge in [0.2, 0.25) is 0 Å². The second kappa shape index (κ2) is 4.66. The van der Waals surface area contributed by atoms with Gasteiger partial charge in [-0.1, -0.05) is 25.7 Å². The Balaban J connectivity index is 1.65.